The van der Waals surface area contributed by atoms with Crippen molar-refractivity contribution in [1.82, 2.24) is 4.90 Å². The Morgan fingerprint density at radius 1 is 1.35 bits per heavy atom. The molecule has 0 amide bonds. The maximum atomic E-state index is 5.89. The first-order chi connectivity index (χ1) is 8.22. The number of likely N-dealkylation sites (N-methyl/N-ethyl adjacent to an activating group) is 1. The van der Waals surface area contributed by atoms with Gasteiger partial charge in [-0.25, -0.2) is 0 Å². The summed E-state index contributed by atoms with van der Waals surface area (Å²) >= 11 is 0. The highest BCUT2D eigenvalue weighted by atomic mass is 16.5. The SMILES string of the molecule is CN(C)C(CN)c1ccc(N2CCOCC2)o1. The van der Waals surface area contributed by atoms with Crippen LogP contribution in [0.5, 0.6) is 0 Å². The van der Waals surface area contributed by atoms with Gasteiger partial charge >= 0.3 is 0 Å². The lowest BCUT2D eigenvalue weighted by Crippen LogP contribution is -2.35. The van der Waals surface area contributed by atoms with E-state index in [0.29, 0.717) is 6.54 Å². The third-order valence-corrected chi connectivity index (χ3v) is 3.11. The van der Waals surface area contributed by atoms with E-state index in [4.69, 9.17) is 14.9 Å². The van der Waals surface area contributed by atoms with E-state index in [-0.39, 0.29) is 6.04 Å². The zero-order valence-corrected chi connectivity index (χ0v) is 10.6. The van der Waals surface area contributed by atoms with Crippen molar-refractivity contribution in [1.29, 1.82) is 0 Å². The van der Waals surface area contributed by atoms with Crippen molar-refractivity contribution in [2.24, 2.45) is 5.73 Å². The van der Waals surface area contributed by atoms with Crippen LogP contribution in [0.15, 0.2) is 16.5 Å². The van der Waals surface area contributed by atoms with Gasteiger partial charge < -0.3 is 19.8 Å². The summed E-state index contributed by atoms with van der Waals surface area (Å²) in [6, 6.07) is 4.18. The Labute approximate surface area is 102 Å². The van der Waals surface area contributed by atoms with Gasteiger partial charge in [-0.15, -0.1) is 0 Å². The van der Waals surface area contributed by atoms with Crippen LogP contribution < -0.4 is 10.6 Å². The Kier molecular flexibility index (Phi) is 4.04. The topological polar surface area (TPSA) is 54.9 Å². The summed E-state index contributed by atoms with van der Waals surface area (Å²) in [6.07, 6.45) is 0. The van der Waals surface area contributed by atoms with Crippen LogP contribution in [0.2, 0.25) is 0 Å². The van der Waals surface area contributed by atoms with Gasteiger partial charge in [0.25, 0.3) is 0 Å². The first-order valence-corrected chi connectivity index (χ1v) is 6.01. The zero-order chi connectivity index (χ0) is 12.3. The number of nitrogens with zero attached hydrogens (tertiary/aromatic N) is 2. The molecule has 17 heavy (non-hydrogen) atoms. The molecule has 1 atom stereocenters. The Morgan fingerprint density at radius 2 is 2.06 bits per heavy atom. The zero-order valence-electron chi connectivity index (χ0n) is 10.6. The van der Waals surface area contributed by atoms with E-state index in [1.165, 1.54) is 0 Å². The second kappa shape index (κ2) is 5.53. The third kappa shape index (κ3) is 2.80. The van der Waals surface area contributed by atoms with Crippen molar-refractivity contribution < 1.29 is 9.15 Å². The highest BCUT2D eigenvalue weighted by molar-refractivity contribution is 5.37. The van der Waals surface area contributed by atoms with E-state index in [1.807, 2.05) is 26.2 Å². The van der Waals surface area contributed by atoms with Crippen molar-refractivity contribution >= 4 is 5.88 Å². The van der Waals surface area contributed by atoms with E-state index in [9.17, 15) is 0 Å². The van der Waals surface area contributed by atoms with E-state index in [2.05, 4.69) is 9.80 Å². The van der Waals surface area contributed by atoms with Crippen LogP contribution in [0.1, 0.15) is 11.8 Å². The second-order valence-electron chi connectivity index (χ2n) is 4.49. The predicted molar refractivity (Wildman–Crippen MR) is 67.2 cm³/mol. The van der Waals surface area contributed by atoms with E-state index in [0.717, 1.165) is 37.9 Å². The molecule has 0 aromatic carbocycles. The lowest BCUT2D eigenvalue weighted by atomic mass is 10.2. The highest BCUT2D eigenvalue weighted by Crippen LogP contribution is 2.25. The van der Waals surface area contributed by atoms with Crippen LogP contribution in [-0.2, 0) is 4.74 Å². The molecule has 0 radical (unpaired) electrons. The van der Waals surface area contributed by atoms with Crippen LogP contribution in [-0.4, -0.2) is 51.8 Å². The summed E-state index contributed by atoms with van der Waals surface area (Å²) in [4.78, 5) is 4.28. The molecule has 96 valence electrons. The molecule has 5 heteroatoms. The van der Waals surface area contributed by atoms with Gasteiger partial charge in [0.2, 0.25) is 0 Å². The number of morpholine rings is 1. The summed E-state index contributed by atoms with van der Waals surface area (Å²) in [6.45, 7) is 3.88. The van der Waals surface area contributed by atoms with Gasteiger partial charge in [0.05, 0.1) is 19.3 Å². The molecule has 5 nitrogen and oxygen atoms in total. The summed E-state index contributed by atoms with van der Waals surface area (Å²) in [5.41, 5.74) is 5.76. The number of rotatable bonds is 4. The molecule has 0 aliphatic carbocycles. The molecule has 2 heterocycles. The molecule has 1 saturated heterocycles. The van der Waals surface area contributed by atoms with Gasteiger partial charge in [0, 0.05) is 25.7 Å². The van der Waals surface area contributed by atoms with Gasteiger partial charge in [-0.1, -0.05) is 0 Å². The number of furan rings is 1. The molecule has 0 saturated carbocycles. The maximum absolute atomic E-state index is 5.89. The third-order valence-electron chi connectivity index (χ3n) is 3.11. The van der Waals surface area contributed by atoms with Gasteiger partial charge in [-0.05, 0) is 20.2 Å². The first kappa shape index (κ1) is 12.4. The number of hydrogen-bond donors (Lipinski definition) is 1. The summed E-state index contributed by atoms with van der Waals surface area (Å²) in [5.74, 6) is 1.85. The minimum atomic E-state index is 0.143. The fourth-order valence-electron chi connectivity index (χ4n) is 2.06. The monoisotopic (exact) mass is 239 g/mol. The first-order valence-electron chi connectivity index (χ1n) is 6.01. The highest BCUT2D eigenvalue weighted by Gasteiger charge is 2.19. The largest absolute Gasteiger partial charge is 0.444 e. The van der Waals surface area contributed by atoms with E-state index >= 15 is 0 Å². The van der Waals surface area contributed by atoms with Crippen molar-refractivity contribution in [3.8, 4) is 0 Å². The van der Waals surface area contributed by atoms with Gasteiger partial charge in [0.15, 0.2) is 5.88 Å². The van der Waals surface area contributed by atoms with Crippen molar-refractivity contribution in [2.75, 3.05) is 51.8 Å². The molecular formula is C12H21N3O2. The molecular weight excluding hydrogens is 218 g/mol. The standard InChI is InChI=1S/C12H21N3O2/c1-14(2)10(9-13)11-3-4-12(17-11)15-5-7-16-8-6-15/h3-4,10H,5-9,13H2,1-2H3. The molecule has 1 fully saturated rings. The Bertz CT molecular complexity index is 345. The van der Waals surface area contributed by atoms with Crippen LogP contribution in [0, 0.1) is 0 Å². The number of nitrogens with two attached hydrogens (primary N) is 1. The van der Waals surface area contributed by atoms with Gasteiger partial charge in [-0.3, -0.25) is 4.90 Å². The Balaban J connectivity index is 2.08. The number of hydrogen-bond acceptors (Lipinski definition) is 5. The van der Waals surface area contributed by atoms with Crippen LogP contribution in [0.3, 0.4) is 0 Å². The van der Waals surface area contributed by atoms with Gasteiger partial charge in [0.1, 0.15) is 5.76 Å². The number of ether oxygens (including phenoxy) is 1. The smallest absolute Gasteiger partial charge is 0.195 e. The molecule has 1 aromatic heterocycles. The van der Waals surface area contributed by atoms with Crippen molar-refractivity contribution in [3.63, 3.8) is 0 Å². The minimum absolute atomic E-state index is 0.143. The molecule has 1 aromatic rings. The average Bonchev–Trinajstić information content (AvgIpc) is 2.80. The summed E-state index contributed by atoms with van der Waals surface area (Å²) in [7, 11) is 4.02. The maximum Gasteiger partial charge on any atom is 0.195 e. The Morgan fingerprint density at radius 3 is 2.65 bits per heavy atom. The Hall–Kier alpha value is -1.04. The van der Waals surface area contributed by atoms with Crippen LogP contribution >= 0.6 is 0 Å². The average molecular weight is 239 g/mol. The van der Waals surface area contributed by atoms with E-state index < -0.39 is 0 Å². The second-order valence-corrected chi connectivity index (χ2v) is 4.49. The normalized spacial score (nSPS) is 18.7. The predicted octanol–water partition coefficient (Wildman–Crippen LogP) is 0.678. The lowest BCUT2D eigenvalue weighted by Gasteiger charge is -2.26. The minimum Gasteiger partial charge on any atom is -0.444 e. The molecule has 1 unspecified atom stereocenters. The molecule has 1 aliphatic rings. The molecule has 2 N–H and O–H groups in total. The fourth-order valence-corrected chi connectivity index (χ4v) is 2.06. The summed E-state index contributed by atoms with van der Waals surface area (Å²) < 4.78 is 11.2. The molecule has 2 rings (SSSR count). The lowest BCUT2D eigenvalue weighted by molar-refractivity contribution is 0.120. The van der Waals surface area contributed by atoms with Crippen molar-refractivity contribution in [3.05, 3.63) is 17.9 Å². The fraction of sp³-hybridized carbons (Fsp3) is 0.667. The van der Waals surface area contributed by atoms with Gasteiger partial charge in [-0.2, -0.15) is 0 Å². The number of anilines is 1. The summed E-state index contributed by atoms with van der Waals surface area (Å²) in [5, 5.41) is 0. The van der Waals surface area contributed by atoms with Crippen molar-refractivity contribution in [2.45, 2.75) is 6.04 Å². The molecule has 0 spiro atoms. The molecule has 1 aliphatic heterocycles. The van der Waals surface area contributed by atoms with Crippen LogP contribution in [0.4, 0.5) is 5.88 Å². The molecule has 0 bridgehead atoms. The quantitative estimate of drug-likeness (QED) is 0.837. The van der Waals surface area contributed by atoms with Crippen LogP contribution in [0.25, 0.3) is 0 Å². The van der Waals surface area contributed by atoms with E-state index in [1.54, 1.807) is 0 Å².